The van der Waals surface area contributed by atoms with Gasteiger partial charge in [-0.15, -0.1) is 11.3 Å². The van der Waals surface area contributed by atoms with E-state index in [2.05, 4.69) is 20.6 Å². The number of likely N-dealkylation sites (N-methyl/N-ethyl adjacent to an activating group) is 1. The number of carbonyl (C=O) groups is 1. The number of carbonyl (C=O) groups excluding carboxylic acids is 1. The van der Waals surface area contributed by atoms with E-state index in [4.69, 9.17) is 0 Å². The first-order valence-electron chi connectivity index (χ1n) is 7.90. The maximum Gasteiger partial charge on any atom is 0.222 e. The van der Waals surface area contributed by atoms with E-state index in [0.29, 0.717) is 19.5 Å². The van der Waals surface area contributed by atoms with Gasteiger partial charge < -0.3 is 20.4 Å². The zero-order valence-corrected chi connectivity index (χ0v) is 15.1. The summed E-state index contributed by atoms with van der Waals surface area (Å²) >= 11 is 1.62. The molecule has 0 saturated carbocycles. The molecule has 1 fully saturated rings. The summed E-state index contributed by atoms with van der Waals surface area (Å²) in [6.45, 7) is 4.10. The van der Waals surface area contributed by atoms with Gasteiger partial charge in [-0.3, -0.25) is 4.79 Å². The molecule has 23 heavy (non-hydrogen) atoms. The van der Waals surface area contributed by atoms with Crippen LogP contribution in [0.1, 0.15) is 25.5 Å². The van der Waals surface area contributed by atoms with Crippen LogP contribution in [0, 0.1) is 0 Å². The van der Waals surface area contributed by atoms with Crippen molar-refractivity contribution in [3.63, 3.8) is 0 Å². The van der Waals surface area contributed by atoms with Gasteiger partial charge in [0.15, 0.2) is 11.1 Å². The molecule has 1 aromatic rings. The van der Waals surface area contributed by atoms with Crippen LogP contribution >= 0.6 is 11.3 Å². The van der Waals surface area contributed by atoms with Crippen molar-refractivity contribution in [3.05, 3.63) is 11.1 Å². The van der Waals surface area contributed by atoms with Crippen LogP contribution in [-0.4, -0.2) is 62.0 Å². The zero-order chi connectivity index (χ0) is 16.8. The monoisotopic (exact) mass is 338 g/mol. The number of aliphatic imine (C=N–C) groups is 1. The Kier molecular flexibility index (Phi) is 6.20. The molecule has 1 aromatic heterocycles. The molecule has 0 aromatic carbocycles. The molecule has 2 N–H and O–H groups in total. The fraction of sp³-hybridized carbons (Fsp3) is 0.667. The molecule has 0 aliphatic carbocycles. The molecule has 7 nitrogen and oxygen atoms in total. The van der Waals surface area contributed by atoms with E-state index in [1.807, 2.05) is 38.3 Å². The highest BCUT2D eigenvalue weighted by Crippen LogP contribution is 2.18. The van der Waals surface area contributed by atoms with Crippen LogP contribution < -0.4 is 15.5 Å². The number of amides is 1. The zero-order valence-electron chi connectivity index (χ0n) is 14.3. The Morgan fingerprint density at radius 2 is 2.35 bits per heavy atom. The van der Waals surface area contributed by atoms with Gasteiger partial charge in [0.25, 0.3) is 0 Å². The number of nitrogens with one attached hydrogen (secondary N) is 2. The molecule has 1 amide bonds. The number of hydrogen-bond acceptors (Lipinski definition) is 5. The highest BCUT2D eigenvalue weighted by Gasteiger charge is 2.23. The van der Waals surface area contributed by atoms with E-state index in [9.17, 15) is 4.79 Å². The van der Waals surface area contributed by atoms with Crippen molar-refractivity contribution in [1.29, 1.82) is 0 Å². The number of aromatic nitrogens is 1. The Bertz CT molecular complexity index is 556. The van der Waals surface area contributed by atoms with E-state index < -0.39 is 0 Å². The number of hydrogen-bond donors (Lipinski definition) is 2. The Balaban J connectivity index is 1.95. The number of rotatable bonds is 5. The van der Waals surface area contributed by atoms with Gasteiger partial charge in [-0.25, -0.2) is 9.98 Å². The normalized spacial score (nSPS) is 19.0. The third kappa shape index (κ3) is 5.09. The lowest BCUT2D eigenvalue weighted by molar-refractivity contribution is -0.132. The first-order valence-corrected chi connectivity index (χ1v) is 8.78. The average molecular weight is 338 g/mol. The number of anilines is 1. The summed E-state index contributed by atoms with van der Waals surface area (Å²) in [7, 11) is 5.81. The molecule has 1 saturated heterocycles. The van der Waals surface area contributed by atoms with Gasteiger partial charge in [-0.05, 0) is 13.3 Å². The van der Waals surface area contributed by atoms with Crippen molar-refractivity contribution in [2.24, 2.45) is 4.99 Å². The molecule has 8 heteroatoms. The molecule has 0 spiro atoms. The van der Waals surface area contributed by atoms with E-state index >= 15 is 0 Å². The van der Waals surface area contributed by atoms with Crippen molar-refractivity contribution in [2.75, 3.05) is 39.1 Å². The Labute approximate surface area is 141 Å². The molecule has 0 radical (unpaired) electrons. The number of likely N-dealkylation sites (tertiary alicyclic amines) is 1. The van der Waals surface area contributed by atoms with E-state index in [-0.39, 0.29) is 11.9 Å². The number of piperidine rings is 1. The van der Waals surface area contributed by atoms with E-state index in [0.717, 1.165) is 29.8 Å². The third-order valence-corrected chi connectivity index (χ3v) is 4.69. The van der Waals surface area contributed by atoms with Crippen molar-refractivity contribution in [2.45, 2.75) is 32.4 Å². The van der Waals surface area contributed by atoms with Crippen LogP contribution in [0.4, 0.5) is 5.13 Å². The standard InChI is InChI=1S/C15H26N6OS/c1-5-16-14(18-11-6-7-13(22)21(4)9-11)17-8-12-10-23-15(19-12)20(2)3/h10-11H,5-9H2,1-4H3,(H2,16,17,18). The van der Waals surface area contributed by atoms with Crippen molar-refractivity contribution in [3.8, 4) is 0 Å². The second-order valence-corrected chi connectivity index (χ2v) is 6.70. The molecule has 2 heterocycles. The lowest BCUT2D eigenvalue weighted by atomic mass is 10.1. The molecular weight excluding hydrogens is 312 g/mol. The van der Waals surface area contributed by atoms with Gasteiger partial charge in [0.1, 0.15) is 0 Å². The lowest BCUT2D eigenvalue weighted by Gasteiger charge is -2.31. The second-order valence-electron chi connectivity index (χ2n) is 5.87. The maximum absolute atomic E-state index is 11.6. The Morgan fingerprint density at radius 1 is 1.57 bits per heavy atom. The van der Waals surface area contributed by atoms with Gasteiger partial charge in [0, 0.05) is 52.1 Å². The van der Waals surface area contributed by atoms with Crippen LogP contribution in [0.25, 0.3) is 0 Å². The van der Waals surface area contributed by atoms with Gasteiger partial charge in [-0.2, -0.15) is 0 Å². The first-order chi connectivity index (χ1) is 11.0. The molecule has 1 aliphatic heterocycles. The Hall–Kier alpha value is -1.83. The summed E-state index contributed by atoms with van der Waals surface area (Å²) in [5, 5.41) is 9.70. The van der Waals surface area contributed by atoms with Gasteiger partial charge in [-0.1, -0.05) is 0 Å². The van der Waals surface area contributed by atoms with Gasteiger partial charge >= 0.3 is 0 Å². The lowest BCUT2D eigenvalue weighted by Crippen LogP contribution is -2.51. The topological polar surface area (TPSA) is 72.9 Å². The minimum absolute atomic E-state index is 0.212. The van der Waals surface area contributed by atoms with E-state index in [1.54, 1.807) is 16.2 Å². The molecule has 1 atom stereocenters. The summed E-state index contributed by atoms with van der Waals surface area (Å²) < 4.78 is 0. The van der Waals surface area contributed by atoms with Gasteiger partial charge in [0.05, 0.1) is 12.2 Å². The van der Waals surface area contributed by atoms with Crippen LogP contribution in [0.2, 0.25) is 0 Å². The largest absolute Gasteiger partial charge is 0.357 e. The highest BCUT2D eigenvalue weighted by molar-refractivity contribution is 7.13. The SMILES string of the molecule is CCNC(=NCc1csc(N(C)C)n1)NC1CCC(=O)N(C)C1. The fourth-order valence-electron chi connectivity index (χ4n) is 2.38. The van der Waals surface area contributed by atoms with Crippen molar-refractivity contribution < 1.29 is 4.79 Å². The predicted octanol–water partition coefficient (Wildman–Crippen LogP) is 0.885. The summed E-state index contributed by atoms with van der Waals surface area (Å²) in [4.78, 5) is 24.5. The minimum Gasteiger partial charge on any atom is -0.357 e. The summed E-state index contributed by atoms with van der Waals surface area (Å²) in [5.74, 6) is 0.989. The molecule has 128 valence electrons. The molecular formula is C15H26N6OS. The van der Waals surface area contributed by atoms with Crippen LogP contribution in [0.3, 0.4) is 0 Å². The average Bonchev–Trinajstić information content (AvgIpc) is 2.98. The van der Waals surface area contributed by atoms with Gasteiger partial charge in [0.2, 0.25) is 5.91 Å². The second kappa shape index (κ2) is 8.14. The molecule has 1 aliphatic rings. The first kappa shape index (κ1) is 17.5. The Morgan fingerprint density at radius 3 is 2.96 bits per heavy atom. The van der Waals surface area contributed by atoms with E-state index in [1.165, 1.54) is 0 Å². The minimum atomic E-state index is 0.212. The highest BCUT2D eigenvalue weighted by atomic mass is 32.1. The molecule has 2 rings (SSSR count). The van der Waals surface area contributed by atoms with Crippen molar-refractivity contribution >= 4 is 28.3 Å². The number of thiazole rings is 1. The van der Waals surface area contributed by atoms with Crippen molar-refractivity contribution in [1.82, 2.24) is 20.5 Å². The van der Waals surface area contributed by atoms with Crippen LogP contribution in [0.5, 0.6) is 0 Å². The maximum atomic E-state index is 11.6. The number of nitrogens with zero attached hydrogens (tertiary/aromatic N) is 4. The van der Waals surface area contributed by atoms with Crippen LogP contribution in [0.15, 0.2) is 10.4 Å². The predicted molar refractivity (Wildman–Crippen MR) is 95.1 cm³/mol. The summed E-state index contributed by atoms with van der Waals surface area (Å²) in [5.41, 5.74) is 0.965. The smallest absolute Gasteiger partial charge is 0.222 e. The summed E-state index contributed by atoms with van der Waals surface area (Å²) in [6, 6.07) is 0.239. The quantitative estimate of drug-likeness (QED) is 0.616. The molecule has 1 unspecified atom stereocenters. The van der Waals surface area contributed by atoms with Crippen LogP contribution in [-0.2, 0) is 11.3 Å². The number of guanidine groups is 1. The summed E-state index contributed by atoms with van der Waals surface area (Å²) in [6.07, 6.45) is 1.43. The molecule has 0 bridgehead atoms. The third-order valence-electron chi connectivity index (χ3n) is 3.63. The fourth-order valence-corrected chi connectivity index (χ4v) is 3.13.